The first-order chi connectivity index (χ1) is 12.0. The van der Waals surface area contributed by atoms with Crippen molar-refractivity contribution < 1.29 is 24.5 Å². The van der Waals surface area contributed by atoms with Crippen LogP contribution in [0.5, 0.6) is 11.5 Å². The van der Waals surface area contributed by atoms with Crippen LogP contribution in [0, 0.1) is 0 Å². The summed E-state index contributed by atoms with van der Waals surface area (Å²) >= 11 is 0. The molecule has 0 spiro atoms. The lowest BCUT2D eigenvalue weighted by atomic mass is 10.1. The van der Waals surface area contributed by atoms with Gasteiger partial charge in [-0.1, -0.05) is 6.07 Å². The van der Waals surface area contributed by atoms with Crippen molar-refractivity contribution in [2.75, 3.05) is 13.1 Å². The molecule has 9 nitrogen and oxygen atoms in total. The number of aromatic amines is 1. The highest BCUT2D eigenvalue weighted by Gasteiger charge is 2.35. The number of aromatic nitrogens is 2. The van der Waals surface area contributed by atoms with Gasteiger partial charge in [0.1, 0.15) is 23.2 Å². The number of benzene rings is 1. The Kier molecular flexibility index (Phi) is 4.57. The number of phenols is 1. The van der Waals surface area contributed by atoms with Crippen molar-refractivity contribution in [2.24, 2.45) is 5.73 Å². The number of hydrogen-bond donors (Lipinski definition) is 4. The summed E-state index contributed by atoms with van der Waals surface area (Å²) in [4.78, 5) is 31.8. The van der Waals surface area contributed by atoms with Gasteiger partial charge in [-0.2, -0.15) is 0 Å². The Hall–Kier alpha value is -3.07. The highest BCUT2D eigenvalue weighted by atomic mass is 16.5. The normalized spacial score (nSPS) is 15.5. The first kappa shape index (κ1) is 16.8. The summed E-state index contributed by atoms with van der Waals surface area (Å²) in [5.41, 5.74) is 6.40. The van der Waals surface area contributed by atoms with E-state index in [4.69, 9.17) is 15.6 Å². The standard InChI is InChI=1S/C16H18N4O5/c17-11(4-9-5-18-8-19-9)15(22)20-6-10(7-20)25-13-3-1-2-12(21)14(13)16(23)24/h1-3,5,8,10-11,21H,4,6-7,17H2,(H,18,19)(H,23,24)/t11-/m1/s1. The highest BCUT2D eigenvalue weighted by molar-refractivity contribution is 5.94. The number of aromatic hydroxyl groups is 1. The summed E-state index contributed by atoms with van der Waals surface area (Å²) in [5, 5.41) is 18.8. The van der Waals surface area contributed by atoms with Gasteiger partial charge in [-0.05, 0) is 12.1 Å². The number of carbonyl (C=O) groups excluding carboxylic acids is 1. The van der Waals surface area contributed by atoms with Crippen LogP contribution in [-0.4, -0.2) is 62.2 Å². The van der Waals surface area contributed by atoms with E-state index in [1.165, 1.54) is 24.5 Å². The van der Waals surface area contributed by atoms with E-state index >= 15 is 0 Å². The largest absolute Gasteiger partial charge is 0.507 e. The maximum absolute atomic E-state index is 12.3. The number of nitrogens with two attached hydrogens (primary N) is 1. The molecule has 1 aliphatic rings. The number of aromatic carboxylic acids is 1. The number of ether oxygens (including phenoxy) is 1. The van der Waals surface area contributed by atoms with Crippen LogP contribution in [0.3, 0.4) is 0 Å². The summed E-state index contributed by atoms with van der Waals surface area (Å²) < 4.78 is 5.60. The lowest BCUT2D eigenvalue weighted by Crippen LogP contribution is -2.60. The summed E-state index contributed by atoms with van der Waals surface area (Å²) in [6, 6.07) is 3.56. The number of carbonyl (C=O) groups is 2. The highest BCUT2D eigenvalue weighted by Crippen LogP contribution is 2.29. The van der Waals surface area contributed by atoms with Crippen molar-refractivity contribution in [3.05, 3.63) is 42.0 Å². The Bertz CT molecular complexity index is 771. The molecule has 1 fully saturated rings. The average molecular weight is 346 g/mol. The van der Waals surface area contributed by atoms with E-state index in [-0.39, 0.29) is 29.1 Å². The van der Waals surface area contributed by atoms with Crippen LogP contribution >= 0.6 is 0 Å². The minimum Gasteiger partial charge on any atom is -0.507 e. The number of rotatable bonds is 6. The number of H-pyrrole nitrogens is 1. The SMILES string of the molecule is N[C@H](Cc1cnc[nH]1)C(=O)N1CC(Oc2cccc(O)c2C(=O)O)C1. The van der Waals surface area contributed by atoms with E-state index in [1.807, 2.05) is 0 Å². The van der Waals surface area contributed by atoms with Gasteiger partial charge in [-0.15, -0.1) is 0 Å². The lowest BCUT2D eigenvalue weighted by Gasteiger charge is -2.40. The molecule has 1 saturated heterocycles. The molecule has 0 radical (unpaired) electrons. The maximum atomic E-state index is 12.3. The number of likely N-dealkylation sites (tertiary alicyclic amines) is 1. The number of hydrogen-bond acceptors (Lipinski definition) is 6. The van der Waals surface area contributed by atoms with Crippen molar-refractivity contribution in [1.29, 1.82) is 0 Å². The third kappa shape index (κ3) is 3.56. The zero-order valence-corrected chi connectivity index (χ0v) is 13.3. The second-order valence-corrected chi connectivity index (χ2v) is 5.83. The van der Waals surface area contributed by atoms with Gasteiger partial charge in [0, 0.05) is 18.3 Å². The third-order valence-electron chi connectivity index (χ3n) is 3.98. The molecule has 2 aromatic rings. The predicted octanol–water partition coefficient (Wildman–Crippen LogP) is -0.0269. The molecule has 9 heteroatoms. The number of nitrogens with zero attached hydrogens (tertiary/aromatic N) is 2. The average Bonchev–Trinajstić information content (AvgIpc) is 3.02. The van der Waals surface area contributed by atoms with Gasteiger partial charge < -0.3 is 30.6 Å². The van der Waals surface area contributed by atoms with Crippen LogP contribution in [-0.2, 0) is 11.2 Å². The van der Waals surface area contributed by atoms with Crippen LogP contribution in [0.25, 0.3) is 0 Å². The van der Waals surface area contributed by atoms with Crippen molar-refractivity contribution in [1.82, 2.24) is 14.9 Å². The topological polar surface area (TPSA) is 142 Å². The molecule has 0 unspecified atom stereocenters. The summed E-state index contributed by atoms with van der Waals surface area (Å²) in [7, 11) is 0. The van der Waals surface area contributed by atoms with Gasteiger partial charge in [0.05, 0.1) is 25.5 Å². The minimum absolute atomic E-state index is 0.0753. The predicted molar refractivity (Wildman–Crippen MR) is 86.3 cm³/mol. The summed E-state index contributed by atoms with van der Waals surface area (Å²) in [6.07, 6.45) is 3.15. The first-order valence-electron chi connectivity index (χ1n) is 7.69. The minimum atomic E-state index is -1.28. The second-order valence-electron chi connectivity index (χ2n) is 5.83. The van der Waals surface area contributed by atoms with Gasteiger partial charge in [-0.25, -0.2) is 9.78 Å². The number of nitrogens with one attached hydrogen (secondary N) is 1. The molecule has 1 aromatic carbocycles. The van der Waals surface area contributed by atoms with Crippen LogP contribution in [0.15, 0.2) is 30.7 Å². The fourth-order valence-corrected chi connectivity index (χ4v) is 2.66. The molecular weight excluding hydrogens is 328 g/mol. The van der Waals surface area contributed by atoms with Gasteiger partial charge in [0.15, 0.2) is 0 Å². The van der Waals surface area contributed by atoms with Crippen molar-refractivity contribution in [2.45, 2.75) is 18.6 Å². The fraction of sp³-hybridized carbons (Fsp3) is 0.312. The lowest BCUT2D eigenvalue weighted by molar-refractivity contribution is -0.141. The van der Waals surface area contributed by atoms with E-state index in [0.29, 0.717) is 19.5 Å². The molecule has 1 atom stereocenters. The molecule has 1 aromatic heterocycles. The van der Waals surface area contributed by atoms with Gasteiger partial charge in [-0.3, -0.25) is 4.79 Å². The van der Waals surface area contributed by atoms with E-state index in [1.54, 1.807) is 11.1 Å². The number of amides is 1. The molecule has 0 bridgehead atoms. The summed E-state index contributed by atoms with van der Waals surface area (Å²) in [6.45, 7) is 0.619. The van der Waals surface area contributed by atoms with Crippen molar-refractivity contribution in [3.8, 4) is 11.5 Å². The fourth-order valence-electron chi connectivity index (χ4n) is 2.66. The zero-order chi connectivity index (χ0) is 18.0. The molecule has 132 valence electrons. The van der Waals surface area contributed by atoms with Crippen molar-refractivity contribution in [3.63, 3.8) is 0 Å². The Morgan fingerprint density at radius 2 is 2.20 bits per heavy atom. The Labute approximate surface area is 143 Å². The molecule has 3 rings (SSSR count). The molecule has 1 amide bonds. The Morgan fingerprint density at radius 1 is 1.44 bits per heavy atom. The van der Waals surface area contributed by atoms with Gasteiger partial charge in [0.25, 0.3) is 0 Å². The number of carboxylic acid groups (broad SMARTS) is 1. The van der Waals surface area contributed by atoms with Crippen LogP contribution in [0.1, 0.15) is 16.1 Å². The number of imidazole rings is 1. The van der Waals surface area contributed by atoms with Crippen LogP contribution in [0.2, 0.25) is 0 Å². The summed E-state index contributed by atoms with van der Waals surface area (Å²) in [5.74, 6) is -1.77. The number of carboxylic acids is 1. The van der Waals surface area contributed by atoms with Crippen molar-refractivity contribution >= 4 is 11.9 Å². The Morgan fingerprint density at radius 3 is 2.84 bits per heavy atom. The third-order valence-corrected chi connectivity index (χ3v) is 3.98. The van der Waals surface area contributed by atoms with E-state index in [2.05, 4.69) is 9.97 Å². The van der Waals surface area contributed by atoms with Gasteiger partial charge in [0.2, 0.25) is 5.91 Å². The maximum Gasteiger partial charge on any atom is 0.343 e. The van der Waals surface area contributed by atoms with Crippen LogP contribution in [0.4, 0.5) is 0 Å². The first-order valence-corrected chi connectivity index (χ1v) is 7.69. The quantitative estimate of drug-likeness (QED) is 0.575. The van der Waals surface area contributed by atoms with E-state index in [9.17, 15) is 14.7 Å². The molecule has 1 aliphatic heterocycles. The Balaban J connectivity index is 1.55. The van der Waals surface area contributed by atoms with Gasteiger partial charge >= 0.3 is 5.97 Å². The molecule has 25 heavy (non-hydrogen) atoms. The monoisotopic (exact) mass is 346 g/mol. The zero-order valence-electron chi connectivity index (χ0n) is 13.3. The van der Waals surface area contributed by atoms with Crippen LogP contribution < -0.4 is 10.5 Å². The molecular formula is C16H18N4O5. The molecule has 0 saturated carbocycles. The van der Waals surface area contributed by atoms with E-state index in [0.717, 1.165) is 5.69 Å². The molecule has 2 heterocycles. The molecule has 5 N–H and O–H groups in total. The van der Waals surface area contributed by atoms with E-state index < -0.39 is 12.0 Å². The smallest absolute Gasteiger partial charge is 0.343 e. The second kappa shape index (κ2) is 6.81. The molecule has 0 aliphatic carbocycles.